The normalized spacial score (nSPS) is 16.1. The van der Waals surface area contributed by atoms with E-state index < -0.39 is 23.8 Å². The van der Waals surface area contributed by atoms with Gasteiger partial charge in [-0.2, -0.15) is 18.3 Å². The van der Waals surface area contributed by atoms with E-state index >= 15 is 0 Å². The Morgan fingerprint density at radius 2 is 2.04 bits per heavy atom. The summed E-state index contributed by atoms with van der Waals surface area (Å²) in [5.41, 5.74) is 0.324. The highest BCUT2D eigenvalue weighted by Gasteiger charge is 2.43. The zero-order valence-electron chi connectivity index (χ0n) is 13.7. The molecule has 1 unspecified atom stereocenters. The fourth-order valence-corrected chi connectivity index (χ4v) is 3.44. The van der Waals surface area contributed by atoms with E-state index in [4.69, 9.17) is 4.52 Å². The van der Waals surface area contributed by atoms with Crippen molar-refractivity contribution in [2.75, 3.05) is 5.32 Å². The van der Waals surface area contributed by atoms with Gasteiger partial charge in [0, 0.05) is 5.92 Å². The third-order valence-electron chi connectivity index (χ3n) is 4.15. The van der Waals surface area contributed by atoms with Gasteiger partial charge in [0.25, 0.3) is 0 Å². The van der Waals surface area contributed by atoms with E-state index in [1.54, 1.807) is 13.8 Å². The molecule has 1 amide bonds. The van der Waals surface area contributed by atoms with Crippen LogP contribution in [0.2, 0.25) is 0 Å². The first-order chi connectivity index (χ1) is 11.6. The molecule has 1 atom stereocenters. The van der Waals surface area contributed by atoms with E-state index in [1.807, 2.05) is 0 Å². The molecule has 2 heterocycles. The van der Waals surface area contributed by atoms with Gasteiger partial charge in [0.05, 0.1) is 10.2 Å². The minimum absolute atomic E-state index is 0.0210. The van der Waals surface area contributed by atoms with Crippen molar-refractivity contribution in [3.8, 4) is 0 Å². The maximum atomic E-state index is 13.2. The number of rotatable bonds is 4. The summed E-state index contributed by atoms with van der Waals surface area (Å²) in [4.78, 5) is 12.5. The van der Waals surface area contributed by atoms with Crippen molar-refractivity contribution in [2.45, 2.75) is 51.7 Å². The Balaban J connectivity index is 1.94. The molecule has 0 aromatic carbocycles. The predicted octanol–water partition coefficient (Wildman–Crippen LogP) is 4.35. The molecule has 10 heteroatoms. The summed E-state index contributed by atoms with van der Waals surface area (Å²) in [6.45, 7) is 4.82. The van der Waals surface area contributed by atoms with E-state index in [2.05, 4.69) is 31.5 Å². The molecule has 2 aromatic heterocycles. The van der Waals surface area contributed by atoms with Crippen LogP contribution in [0.15, 0.2) is 9.00 Å². The minimum Gasteiger partial charge on any atom is -0.359 e. The number of nitrogens with zero attached hydrogens (tertiary/aromatic N) is 3. The van der Waals surface area contributed by atoms with Crippen LogP contribution < -0.4 is 5.32 Å². The second-order valence-corrected chi connectivity index (χ2v) is 6.92. The van der Waals surface area contributed by atoms with Crippen LogP contribution in [-0.2, 0) is 11.0 Å². The van der Waals surface area contributed by atoms with Crippen molar-refractivity contribution in [3.63, 3.8) is 0 Å². The molecule has 0 bridgehead atoms. The summed E-state index contributed by atoms with van der Waals surface area (Å²) in [5, 5.41) is 10.1. The van der Waals surface area contributed by atoms with Crippen LogP contribution in [0.5, 0.6) is 0 Å². The Morgan fingerprint density at radius 3 is 2.52 bits per heavy atom. The molecular weight excluding hydrogens is 405 g/mol. The van der Waals surface area contributed by atoms with Crippen molar-refractivity contribution in [2.24, 2.45) is 0 Å². The molecule has 0 saturated heterocycles. The second kappa shape index (κ2) is 6.15. The highest BCUT2D eigenvalue weighted by atomic mass is 79.9. The number of nitrogens with one attached hydrogen (secondary N) is 1. The zero-order chi connectivity index (χ0) is 18.5. The Hall–Kier alpha value is -1.84. The van der Waals surface area contributed by atoms with Gasteiger partial charge < -0.3 is 9.84 Å². The van der Waals surface area contributed by atoms with Gasteiger partial charge in [0.15, 0.2) is 11.5 Å². The molecule has 0 radical (unpaired) electrons. The van der Waals surface area contributed by atoms with Crippen LogP contribution in [0.25, 0.3) is 0 Å². The summed E-state index contributed by atoms with van der Waals surface area (Å²) < 4.78 is 45.6. The van der Waals surface area contributed by atoms with Crippen LogP contribution in [0.4, 0.5) is 18.9 Å². The Labute approximate surface area is 149 Å². The largest absolute Gasteiger partial charge is 0.436 e. The average Bonchev–Trinajstić information content (AvgIpc) is 3.23. The molecule has 0 aliphatic heterocycles. The smallest absolute Gasteiger partial charge is 0.359 e. The lowest BCUT2D eigenvalue weighted by atomic mass is 10.2. The van der Waals surface area contributed by atoms with E-state index in [-0.39, 0.29) is 10.4 Å². The monoisotopic (exact) mass is 420 g/mol. The molecule has 136 valence electrons. The third kappa shape index (κ3) is 3.31. The standard InChI is InChI=1S/C15H16BrF3N4O2/c1-6-11(8(3)25-22-6)20-14(24)7(2)23-12(9-4-5-9)10(16)13(21-23)15(17,18)19/h7,9H,4-5H2,1-3H3,(H,20,24). The van der Waals surface area contributed by atoms with Gasteiger partial charge >= 0.3 is 6.18 Å². The molecular formula is C15H16BrF3N4O2. The zero-order valence-corrected chi connectivity index (χ0v) is 15.3. The number of halogens is 4. The van der Waals surface area contributed by atoms with Crippen molar-refractivity contribution >= 4 is 27.5 Å². The van der Waals surface area contributed by atoms with Gasteiger partial charge in [-0.1, -0.05) is 5.16 Å². The van der Waals surface area contributed by atoms with E-state index in [1.165, 1.54) is 6.92 Å². The number of alkyl halides is 3. The number of carbonyl (C=O) groups excluding carboxylic acids is 1. The molecule has 6 nitrogen and oxygen atoms in total. The average molecular weight is 421 g/mol. The fraction of sp³-hybridized carbons (Fsp3) is 0.533. The highest BCUT2D eigenvalue weighted by molar-refractivity contribution is 9.10. The van der Waals surface area contributed by atoms with Gasteiger partial charge in [-0.25, -0.2) is 0 Å². The number of aromatic nitrogens is 3. The first-order valence-corrected chi connectivity index (χ1v) is 8.49. The number of hydrogen-bond donors (Lipinski definition) is 1. The summed E-state index contributed by atoms with van der Waals surface area (Å²) in [6.07, 6.45) is -3.04. The summed E-state index contributed by atoms with van der Waals surface area (Å²) >= 11 is 3.02. The number of aryl methyl sites for hydroxylation is 2. The van der Waals surface area contributed by atoms with Crippen LogP contribution in [-0.4, -0.2) is 20.8 Å². The first-order valence-electron chi connectivity index (χ1n) is 7.70. The van der Waals surface area contributed by atoms with Crippen molar-refractivity contribution < 1.29 is 22.5 Å². The lowest BCUT2D eigenvalue weighted by molar-refractivity contribution is -0.142. The van der Waals surface area contributed by atoms with Crippen LogP contribution in [0, 0.1) is 13.8 Å². The first kappa shape index (κ1) is 18.0. The molecule has 1 saturated carbocycles. The Bertz CT molecular complexity index is 804. The molecule has 0 spiro atoms. The van der Waals surface area contributed by atoms with Crippen LogP contribution in [0.3, 0.4) is 0 Å². The highest BCUT2D eigenvalue weighted by Crippen LogP contribution is 2.47. The quantitative estimate of drug-likeness (QED) is 0.797. The van der Waals surface area contributed by atoms with Crippen LogP contribution >= 0.6 is 15.9 Å². The summed E-state index contributed by atoms with van der Waals surface area (Å²) in [5.74, 6) is -0.0783. The second-order valence-electron chi connectivity index (χ2n) is 6.13. The third-order valence-corrected chi connectivity index (χ3v) is 4.93. The topological polar surface area (TPSA) is 73.0 Å². The number of amides is 1. The predicted molar refractivity (Wildman–Crippen MR) is 86.2 cm³/mol. The molecule has 1 aliphatic carbocycles. The number of carbonyl (C=O) groups is 1. The number of hydrogen-bond acceptors (Lipinski definition) is 4. The van der Waals surface area contributed by atoms with E-state index in [9.17, 15) is 18.0 Å². The SMILES string of the molecule is Cc1noc(C)c1NC(=O)C(C)n1nc(C(F)(F)F)c(Br)c1C1CC1. The van der Waals surface area contributed by atoms with Gasteiger partial charge in [0.2, 0.25) is 5.91 Å². The maximum Gasteiger partial charge on any atom is 0.436 e. The van der Waals surface area contributed by atoms with Gasteiger partial charge in [-0.3, -0.25) is 9.48 Å². The Kier molecular flexibility index (Phi) is 4.42. The summed E-state index contributed by atoms with van der Waals surface area (Å²) in [7, 11) is 0. The Morgan fingerprint density at radius 1 is 1.40 bits per heavy atom. The number of anilines is 1. The lowest BCUT2D eigenvalue weighted by Crippen LogP contribution is -2.26. The minimum atomic E-state index is -4.59. The van der Waals surface area contributed by atoms with Crippen molar-refractivity contribution in [1.82, 2.24) is 14.9 Å². The van der Waals surface area contributed by atoms with Gasteiger partial charge in [-0.05, 0) is 49.5 Å². The van der Waals surface area contributed by atoms with Gasteiger partial charge in [-0.15, -0.1) is 0 Å². The fourth-order valence-electron chi connectivity index (χ4n) is 2.63. The molecule has 2 aromatic rings. The molecule has 1 aliphatic rings. The van der Waals surface area contributed by atoms with Gasteiger partial charge in [0.1, 0.15) is 17.4 Å². The summed E-state index contributed by atoms with van der Waals surface area (Å²) in [6, 6.07) is -0.920. The van der Waals surface area contributed by atoms with E-state index in [0.29, 0.717) is 22.8 Å². The lowest BCUT2D eigenvalue weighted by Gasteiger charge is -2.15. The maximum absolute atomic E-state index is 13.2. The molecule has 1 fully saturated rings. The van der Waals surface area contributed by atoms with Crippen LogP contribution in [0.1, 0.15) is 54.6 Å². The van der Waals surface area contributed by atoms with Crippen molar-refractivity contribution in [3.05, 3.63) is 27.3 Å². The molecule has 1 N–H and O–H groups in total. The molecule has 25 heavy (non-hydrogen) atoms. The molecule has 3 rings (SSSR count). The van der Waals surface area contributed by atoms with Crippen molar-refractivity contribution in [1.29, 1.82) is 0 Å². The van der Waals surface area contributed by atoms with E-state index in [0.717, 1.165) is 17.5 Å².